The highest BCUT2D eigenvalue weighted by atomic mass is 32.1. The average molecular weight is 370 g/mol. The number of carbonyl (C=O) groups is 1. The molecule has 3 aromatic rings. The highest BCUT2D eigenvalue weighted by Gasteiger charge is 2.19. The minimum atomic E-state index is -0.928. The van der Waals surface area contributed by atoms with Crippen molar-refractivity contribution in [2.24, 2.45) is 0 Å². The summed E-state index contributed by atoms with van der Waals surface area (Å²) in [5.74, 6) is -0.141. The van der Waals surface area contributed by atoms with Crippen molar-refractivity contribution in [3.05, 3.63) is 47.5 Å². The van der Waals surface area contributed by atoms with E-state index < -0.39 is 5.97 Å². The first kappa shape index (κ1) is 18.4. The van der Waals surface area contributed by atoms with Gasteiger partial charge in [0.15, 0.2) is 0 Å². The topological polar surface area (TPSA) is 62.7 Å². The van der Waals surface area contributed by atoms with Gasteiger partial charge >= 0.3 is 5.97 Å². The number of hydrogen-bond acceptors (Lipinski definition) is 5. The molecule has 0 aliphatic carbocycles. The zero-order valence-corrected chi connectivity index (χ0v) is 15.8. The maximum absolute atomic E-state index is 11.6. The van der Waals surface area contributed by atoms with E-state index in [1.165, 1.54) is 11.3 Å². The van der Waals surface area contributed by atoms with Crippen molar-refractivity contribution in [1.29, 1.82) is 0 Å². The van der Waals surface area contributed by atoms with Gasteiger partial charge < -0.3 is 14.7 Å². The minimum absolute atomic E-state index is 0.314. The standard InChI is InChI=1S/C20H22N2O3S/c1-3-22(4-2)12-13-25-15-9-7-14(8-10-15)17-16-6-5-11-21-19(16)26-18(17)20(23)24/h5-11H,3-4,12-13H2,1-2H3,(H,23,24). The van der Waals surface area contributed by atoms with E-state index in [1.807, 2.05) is 36.4 Å². The number of thiophene rings is 1. The maximum atomic E-state index is 11.6. The van der Waals surface area contributed by atoms with Gasteiger partial charge in [0.1, 0.15) is 22.1 Å². The Morgan fingerprint density at radius 1 is 1.19 bits per heavy atom. The highest BCUT2D eigenvalue weighted by Crippen LogP contribution is 2.38. The lowest BCUT2D eigenvalue weighted by molar-refractivity contribution is 0.0703. The molecule has 0 radical (unpaired) electrons. The third-order valence-corrected chi connectivity index (χ3v) is 5.48. The van der Waals surface area contributed by atoms with Gasteiger partial charge in [0.25, 0.3) is 0 Å². The third-order valence-electron chi connectivity index (χ3n) is 4.37. The first-order chi connectivity index (χ1) is 12.6. The number of benzene rings is 1. The number of hydrogen-bond donors (Lipinski definition) is 1. The molecule has 6 heteroatoms. The number of fused-ring (bicyclic) bond motifs is 1. The maximum Gasteiger partial charge on any atom is 0.346 e. The van der Waals surface area contributed by atoms with Crippen LogP contribution < -0.4 is 4.74 Å². The largest absolute Gasteiger partial charge is 0.492 e. The second kappa shape index (κ2) is 8.29. The number of likely N-dealkylation sites (N-methyl/N-ethyl adjacent to an activating group) is 1. The molecule has 3 rings (SSSR count). The fourth-order valence-corrected chi connectivity index (χ4v) is 3.92. The number of ether oxygens (including phenoxy) is 1. The molecule has 0 atom stereocenters. The Bertz CT molecular complexity index is 886. The van der Waals surface area contributed by atoms with E-state index in [0.717, 1.165) is 46.7 Å². The highest BCUT2D eigenvalue weighted by molar-refractivity contribution is 7.21. The molecule has 136 valence electrons. The van der Waals surface area contributed by atoms with E-state index in [2.05, 4.69) is 23.7 Å². The van der Waals surface area contributed by atoms with Gasteiger partial charge in [-0.05, 0) is 42.9 Å². The molecule has 0 fully saturated rings. The molecular weight excluding hydrogens is 348 g/mol. The van der Waals surface area contributed by atoms with Crippen LogP contribution >= 0.6 is 11.3 Å². The van der Waals surface area contributed by atoms with Crippen molar-refractivity contribution in [3.8, 4) is 16.9 Å². The minimum Gasteiger partial charge on any atom is -0.492 e. The molecule has 1 aromatic carbocycles. The predicted molar refractivity (Wildman–Crippen MR) is 105 cm³/mol. The van der Waals surface area contributed by atoms with Crippen LogP contribution in [-0.4, -0.2) is 47.2 Å². The molecule has 2 aromatic heterocycles. The van der Waals surface area contributed by atoms with Gasteiger partial charge in [-0.1, -0.05) is 26.0 Å². The van der Waals surface area contributed by atoms with E-state index in [4.69, 9.17) is 4.74 Å². The van der Waals surface area contributed by atoms with Crippen LogP contribution in [0.3, 0.4) is 0 Å². The van der Waals surface area contributed by atoms with Crippen LogP contribution in [-0.2, 0) is 0 Å². The first-order valence-electron chi connectivity index (χ1n) is 8.70. The molecule has 5 nitrogen and oxygen atoms in total. The lowest BCUT2D eigenvalue weighted by atomic mass is 10.0. The molecule has 0 bridgehead atoms. The number of rotatable bonds is 8. The number of carboxylic acids is 1. The molecule has 0 saturated carbocycles. The summed E-state index contributed by atoms with van der Waals surface area (Å²) < 4.78 is 5.81. The summed E-state index contributed by atoms with van der Waals surface area (Å²) in [5, 5.41) is 10.4. The van der Waals surface area contributed by atoms with Gasteiger partial charge in [-0.3, -0.25) is 0 Å². The quantitative estimate of drug-likeness (QED) is 0.637. The van der Waals surface area contributed by atoms with Gasteiger partial charge in [0.05, 0.1) is 0 Å². The van der Waals surface area contributed by atoms with Crippen LogP contribution in [0.4, 0.5) is 0 Å². The molecule has 0 amide bonds. The van der Waals surface area contributed by atoms with Crippen molar-refractivity contribution >= 4 is 27.5 Å². The molecular formula is C20H22N2O3S. The second-order valence-electron chi connectivity index (χ2n) is 5.87. The van der Waals surface area contributed by atoms with Crippen molar-refractivity contribution in [2.75, 3.05) is 26.2 Å². The van der Waals surface area contributed by atoms with Crippen LogP contribution in [0.2, 0.25) is 0 Å². The predicted octanol–water partition coefficient (Wildman–Crippen LogP) is 4.38. The SMILES string of the molecule is CCN(CC)CCOc1ccc(-c2c(C(=O)O)sc3ncccc23)cc1. The van der Waals surface area contributed by atoms with E-state index in [1.54, 1.807) is 6.20 Å². The first-order valence-corrected chi connectivity index (χ1v) is 9.52. The fourth-order valence-electron chi connectivity index (χ4n) is 2.92. The van der Waals surface area contributed by atoms with Crippen molar-refractivity contribution in [2.45, 2.75) is 13.8 Å². The van der Waals surface area contributed by atoms with Crippen LogP contribution in [0, 0.1) is 0 Å². The summed E-state index contributed by atoms with van der Waals surface area (Å²) in [5.41, 5.74) is 1.58. The van der Waals surface area contributed by atoms with Gasteiger partial charge in [0.2, 0.25) is 0 Å². The van der Waals surface area contributed by atoms with Crippen molar-refractivity contribution in [1.82, 2.24) is 9.88 Å². The van der Waals surface area contributed by atoms with Crippen LogP contribution in [0.15, 0.2) is 42.6 Å². The smallest absolute Gasteiger partial charge is 0.346 e. The van der Waals surface area contributed by atoms with E-state index in [-0.39, 0.29) is 0 Å². The van der Waals surface area contributed by atoms with Gasteiger partial charge in [0, 0.05) is 23.7 Å². The van der Waals surface area contributed by atoms with Gasteiger partial charge in [-0.15, -0.1) is 11.3 Å². The van der Waals surface area contributed by atoms with Crippen LogP contribution in [0.5, 0.6) is 5.75 Å². The molecule has 26 heavy (non-hydrogen) atoms. The third kappa shape index (κ3) is 3.86. The number of pyridine rings is 1. The number of aromatic nitrogens is 1. The lowest BCUT2D eigenvalue weighted by Gasteiger charge is -2.18. The molecule has 0 unspecified atom stereocenters. The van der Waals surface area contributed by atoms with Crippen LogP contribution in [0.25, 0.3) is 21.3 Å². The average Bonchev–Trinajstić information content (AvgIpc) is 3.06. The zero-order valence-electron chi connectivity index (χ0n) is 14.9. The summed E-state index contributed by atoms with van der Waals surface area (Å²) in [6.45, 7) is 7.81. The lowest BCUT2D eigenvalue weighted by Crippen LogP contribution is -2.27. The Labute approximate surface area is 156 Å². The summed E-state index contributed by atoms with van der Waals surface area (Å²) in [6, 6.07) is 11.3. The van der Waals surface area contributed by atoms with Crippen molar-refractivity contribution < 1.29 is 14.6 Å². The van der Waals surface area contributed by atoms with Crippen molar-refractivity contribution in [3.63, 3.8) is 0 Å². The molecule has 1 N–H and O–H groups in total. The van der Waals surface area contributed by atoms with Crippen LogP contribution in [0.1, 0.15) is 23.5 Å². The normalized spacial score (nSPS) is 11.2. The Morgan fingerprint density at radius 2 is 1.92 bits per heavy atom. The number of carboxylic acid groups (broad SMARTS) is 1. The molecule has 0 spiro atoms. The van der Waals surface area contributed by atoms with E-state index in [9.17, 15) is 9.90 Å². The van der Waals surface area contributed by atoms with Gasteiger partial charge in [-0.25, -0.2) is 9.78 Å². The Hall–Kier alpha value is -2.44. The van der Waals surface area contributed by atoms with E-state index >= 15 is 0 Å². The molecule has 0 aliphatic heterocycles. The van der Waals surface area contributed by atoms with E-state index in [0.29, 0.717) is 11.5 Å². The number of aromatic carboxylic acids is 1. The fraction of sp³-hybridized carbons (Fsp3) is 0.300. The second-order valence-corrected chi connectivity index (χ2v) is 6.87. The zero-order chi connectivity index (χ0) is 18.5. The van der Waals surface area contributed by atoms with Gasteiger partial charge in [-0.2, -0.15) is 0 Å². The molecule has 0 aliphatic rings. The Balaban J connectivity index is 1.82. The number of nitrogens with zero attached hydrogens (tertiary/aromatic N) is 2. The summed E-state index contributed by atoms with van der Waals surface area (Å²) >= 11 is 1.21. The monoisotopic (exact) mass is 370 g/mol. The Morgan fingerprint density at radius 3 is 2.58 bits per heavy atom. The summed E-state index contributed by atoms with van der Waals surface area (Å²) in [4.78, 5) is 19.3. The summed E-state index contributed by atoms with van der Waals surface area (Å²) in [6.07, 6.45) is 1.68. The molecule has 0 saturated heterocycles. The Kier molecular flexibility index (Phi) is 5.85. The molecule has 2 heterocycles. The summed E-state index contributed by atoms with van der Waals surface area (Å²) in [7, 11) is 0.